The van der Waals surface area contributed by atoms with Crippen molar-refractivity contribution in [1.29, 1.82) is 0 Å². The third kappa shape index (κ3) is 3.44. The van der Waals surface area contributed by atoms with E-state index in [1.807, 2.05) is 0 Å². The highest BCUT2D eigenvalue weighted by Crippen LogP contribution is 2.31. The minimum atomic E-state index is -3.40. The van der Waals surface area contributed by atoms with E-state index in [4.69, 9.17) is 11.6 Å². The van der Waals surface area contributed by atoms with E-state index >= 15 is 0 Å². The highest BCUT2D eigenvalue weighted by Gasteiger charge is 2.25. The number of nitrogens with zero attached hydrogens (tertiary/aromatic N) is 1. The molecule has 0 atom stereocenters. The normalized spacial score (nSPS) is 15.9. The average molecular weight is 320 g/mol. The Morgan fingerprint density at radius 2 is 2.10 bits per heavy atom. The zero-order chi connectivity index (χ0) is 14.8. The Bertz CT molecular complexity index is 573. The molecule has 2 rings (SSSR count). The van der Waals surface area contributed by atoms with E-state index in [2.05, 4.69) is 0 Å². The molecule has 0 aliphatic heterocycles. The zero-order valence-corrected chi connectivity index (χ0v) is 13.1. The lowest BCUT2D eigenvalue weighted by Crippen LogP contribution is -2.34. The van der Waals surface area contributed by atoms with Crippen LogP contribution in [-0.2, 0) is 10.0 Å². The predicted octanol–water partition coefficient (Wildman–Crippen LogP) is 3.83. The molecule has 112 valence electrons. The van der Waals surface area contributed by atoms with Crippen LogP contribution in [0.15, 0.2) is 18.2 Å². The molecule has 0 bridgehead atoms. The molecule has 0 unspecified atom stereocenters. The fourth-order valence-electron chi connectivity index (χ4n) is 2.39. The lowest BCUT2D eigenvalue weighted by atomic mass is 9.84. The first-order valence-electron chi connectivity index (χ1n) is 6.89. The maximum Gasteiger partial charge on any atom is 0.235 e. The average Bonchev–Trinajstić information content (AvgIpc) is 2.32. The molecule has 0 amide bonds. The Labute approximate surface area is 124 Å². The maximum absolute atomic E-state index is 13.5. The summed E-state index contributed by atoms with van der Waals surface area (Å²) >= 11 is 5.63. The summed E-state index contributed by atoms with van der Waals surface area (Å²) in [5.74, 6) is 0.0534. The van der Waals surface area contributed by atoms with Crippen molar-refractivity contribution in [2.75, 3.05) is 16.6 Å². The number of hydrogen-bond donors (Lipinski definition) is 0. The lowest BCUT2D eigenvalue weighted by Gasteiger charge is -2.28. The summed E-state index contributed by atoms with van der Waals surface area (Å²) in [6.07, 6.45) is 4.13. The Morgan fingerprint density at radius 3 is 2.60 bits per heavy atom. The molecule has 0 N–H and O–H groups in total. The summed E-state index contributed by atoms with van der Waals surface area (Å²) in [4.78, 5) is 0. The van der Waals surface area contributed by atoms with Crippen LogP contribution in [0.5, 0.6) is 0 Å². The second-order valence-electron chi connectivity index (χ2n) is 5.16. The van der Waals surface area contributed by atoms with Gasteiger partial charge in [-0.1, -0.05) is 30.9 Å². The van der Waals surface area contributed by atoms with Crippen molar-refractivity contribution in [2.45, 2.75) is 32.6 Å². The Hall–Kier alpha value is -0.810. The molecule has 0 saturated heterocycles. The summed E-state index contributed by atoms with van der Waals surface area (Å²) in [5.41, 5.74) is 0.336. The van der Waals surface area contributed by atoms with Crippen molar-refractivity contribution >= 4 is 27.3 Å². The van der Waals surface area contributed by atoms with Gasteiger partial charge in [-0.15, -0.1) is 0 Å². The molecule has 0 radical (unpaired) electrons. The molecule has 1 fully saturated rings. The Morgan fingerprint density at radius 1 is 1.40 bits per heavy atom. The number of sulfonamides is 1. The smallest absolute Gasteiger partial charge is 0.235 e. The van der Waals surface area contributed by atoms with E-state index < -0.39 is 15.8 Å². The fraction of sp³-hybridized carbons (Fsp3) is 0.571. The zero-order valence-electron chi connectivity index (χ0n) is 11.5. The van der Waals surface area contributed by atoms with Gasteiger partial charge in [-0.25, -0.2) is 12.8 Å². The molecule has 0 heterocycles. The predicted molar refractivity (Wildman–Crippen MR) is 80.2 cm³/mol. The molecule has 1 aromatic carbocycles. The Balaban J connectivity index is 2.14. The van der Waals surface area contributed by atoms with Gasteiger partial charge in [0.1, 0.15) is 5.82 Å². The van der Waals surface area contributed by atoms with Gasteiger partial charge in [0.05, 0.1) is 16.5 Å². The van der Waals surface area contributed by atoms with Gasteiger partial charge in [-0.3, -0.25) is 4.31 Å². The topological polar surface area (TPSA) is 37.4 Å². The summed E-state index contributed by atoms with van der Waals surface area (Å²) in [6.45, 7) is 2.03. The molecule has 0 spiro atoms. The van der Waals surface area contributed by atoms with Crippen LogP contribution >= 0.6 is 11.6 Å². The molecule has 3 nitrogen and oxygen atoms in total. The highest BCUT2D eigenvalue weighted by molar-refractivity contribution is 7.92. The summed E-state index contributed by atoms with van der Waals surface area (Å²) in [6, 6.07) is 4.10. The van der Waals surface area contributed by atoms with Crippen LogP contribution in [0.2, 0.25) is 5.02 Å². The second-order valence-corrected chi connectivity index (χ2v) is 7.58. The molecule has 1 saturated carbocycles. The molecular formula is C14H19ClFNO2S. The van der Waals surface area contributed by atoms with Gasteiger partial charge in [-0.2, -0.15) is 0 Å². The lowest BCUT2D eigenvalue weighted by molar-refractivity contribution is 0.307. The minimum Gasteiger partial charge on any atom is -0.270 e. The van der Waals surface area contributed by atoms with Gasteiger partial charge in [-0.05, 0) is 37.5 Å². The molecule has 1 aliphatic rings. The van der Waals surface area contributed by atoms with Crippen LogP contribution in [0.1, 0.15) is 32.6 Å². The van der Waals surface area contributed by atoms with Gasteiger partial charge in [0, 0.05) is 6.54 Å². The monoisotopic (exact) mass is 319 g/mol. The number of anilines is 1. The molecular weight excluding hydrogens is 301 g/mol. The standard InChI is InChI=1S/C14H19ClFNO2S/c1-2-17(12-6-7-13(15)14(16)10-12)20(18,19)9-8-11-4-3-5-11/h6-7,10-11H,2-5,8-9H2,1H3. The molecule has 1 aromatic rings. The number of halogens is 2. The Kier molecular flexibility index (Phi) is 4.91. The fourth-order valence-corrected chi connectivity index (χ4v) is 4.18. The van der Waals surface area contributed by atoms with Crippen molar-refractivity contribution in [3.8, 4) is 0 Å². The third-order valence-corrected chi connectivity index (χ3v) is 6.02. The van der Waals surface area contributed by atoms with Crippen LogP contribution in [0.3, 0.4) is 0 Å². The second kappa shape index (κ2) is 6.31. The van der Waals surface area contributed by atoms with E-state index in [9.17, 15) is 12.8 Å². The third-order valence-electron chi connectivity index (χ3n) is 3.82. The van der Waals surface area contributed by atoms with E-state index in [1.54, 1.807) is 6.92 Å². The van der Waals surface area contributed by atoms with Crippen molar-refractivity contribution in [3.05, 3.63) is 29.0 Å². The van der Waals surface area contributed by atoms with E-state index in [1.165, 1.54) is 28.9 Å². The van der Waals surface area contributed by atoms with E-state index in [0.29, 0.717) is 18.0 Å². The van der Waals surface area contributed by atoms with E-state index in [-0.39, 0.29) is 17.3 Å². The molecule has 6 heteroatoms. The van der Waals surface area contributed by atoms with E-state index in [0.717, 1.165) is 12.8 Å². The number of rotatable bonds is 6. The van der Waals surface area contributed by atoms with Crippen molar-refractivity contribution in [3.63, 3.8) is 0 Å². The number of benzene rings is 1. The van der Waals surface area contributed by atoms with Gasteiger partial charge in [0.25, 0.3) is 0 Å². The quantitative estimate of drug-likeness (QED) is 0.799. The first-order valence-corrected chi connectivity index (χ1v) is 8.88. The molecule has 1 aliphatic carbocycles. The molecule has 20 heavy (non-hydrogen) atoms. The van der Waals surface area contributed by atoms with Gasteiger partial charge in [0.2, 0.25) is 10.0 Å². The van der Waals surface area contributed by atoms with Gasteiger partial charge >= 0.3 is 0 Å². The summed E-state index contributed by atoms with van der Waals surface area (Å²) < 4.78 is 39.5. The SMILES string of the molecule is CCN(c1ccc(Cl)c(F)c1)S(=O)(=O)CCC1CCC1. The number of hydrogen-bond acceptors (Lipinski definition) is 2. The molecule has 0 aromatic heterocycles. The van der Waals surface area contributed by atoms with Crippen LogP contribution < -0.4 is 4.31 Å². The van der Waals surface area contributed by atoms with Crippen molar-refractivity contribution < 1.29 is 12.8 Å². The van der Waals surface area contributed by atoms with Crippen molar-refractivity contribution in [1.82, 2.24) is 0 Å². The van der Waals surface area contributed by atoms with Crippen molar-refractivity contribution in [2.24, 2.45) is 5.92 Å². The summed E-state index contributed by atoms with van der Waals surface area (Å²) in [7, 11) is -3.40. The van der Waals surface area contributed by atoms with Gasteiger partial charge in [0.15, 0.2) is 0 Å². The minimum absolute atomic E-state index is 0.00308. The first-order chi connectivity index (χ1) is 9.44. The van der Waals surface area contributed by atoms with Crippen LogP contribution in [0.25, 0.3) is 0 Å². The van der Waals surface area contributed by atoms with Gasteiger partial charge < -0.3 is 0 Å². The maximum atomic E-state index is 13.5. The van der Waals surface area contributed by atoms with Crippen LogP contribution in [-0.4, -0.2) is 20.7 Å². The largest absolute Gasteiger partial charge is 0.270 e. The summed E-state index contributed by atoms with van der Waals surface area (Å²) in [5, 5.41) is -0.00308. The van der Waals surface area contributed by atoms with Crippen LogP contribution in [0, 0.1) is 11.7 Å². The first kappa shape index (κ1) is 15.6. The highest BCUT2D eigenvalue weighted by atomic mass is 35.5. The van der Waals surface area contributed by atoms with Crippen LogP contribution in [0.4, 0.5) is 10.1 Å².